The number of aromatic nitrogens is 3. The summed E-state index contributed by atoms with van der Waals surface area (Å²) < 4.78 is 8.13. The lowest BCUT2D eigenvalue weighted by molar-refractivity contribution is 0.401. The van der Waals surface area contributed by atoms with E-state index >= 15 is 0 Å². The van der Waals surface area contributed by atoms with Crippen LogP contribution < -0.4 is 0 Å². The third kappa shape index (κ3) is 12.4. The summed E-state index contributed by atoms with van der Waals surface area (Å²) in [6.45, 7) is 17.1. The molecule has 22 rings (SSSR count). The Balaban J connectivity index is 0.795. The highest BCUT2D eigenvalue weighted by molar-refractivity contribution is 6.13. The summed E-state index contributed by atoms with van der Waals surface area (Å²) in [6.07, 6.45) is 14.2. The average Bonchev–Trinajstić information content (AvgIpc) is 1.54. The van der Waals surface area contributed by atoms with Crippen molar-refractivity contribution in [2.24, 2.45) is 17.8 Å². The summed E-state index contributed by atoms with van der Waals surface area (Å²) in [5.74, 6) is 1.61. The third-order valence-electron chi connectivity index (χ3n) is 30.3. The Labute approximate surface area is 743 Å². The predicted molar refractivity (Wildman–Crippen MR) is 534 cm³/mol. The van der Waals surface area contributed by atoms with Gasteiger partial charge in [0.1, 0.15) is 0 Å². The minimum atomic E-state index is -0.554. The van der Waals surface area contributed by atoms with Crippen molar-refractivity contribution in [3.63, 3.8) is 0 Å². The number of hydrogen-bond donors (Lipinski definition) is 0. The van der Waals surface area contributed by atoms with Crippen LogP contribution >= 0.6 is 0 Å². The van der Waals surface area contributed by atoms with Crippen molar-refractivity contribution in [3.8, 4) is 66.8 Å². The van der Waals surface area contributed by atoms with Gasteiger partial charge in [0.25, 0.3) is 0 Å². The van der Waals surface area contributed by atoms with Crippen molar-refractivity contribution >= 4 is 65.4 Å². The number of benzene rings is 16. The number of unbranched alkanes of at least 4 members (excludes halogenated alkanes) is 3. The Morgan fingerprint density at radius 2 is 0.413 bits per heavy atom. The Bertz CT molecular complexity index is 6520. The van der Waals surface area contributed by atoms with Gasteiger partial charge in [-0.05, 0) is 262 Å². The van der Waals surface area contributed by atoms with Crippen molar-refractivity contribution in [1.29, 1.82) is 0 Å². The maximum atomic E-state index is 2.71. The molecule has 3 heteroatoms. The first kappa shape index (κ1) is 78.9. The van der Waals surface area contributed by atoms with Crippen LogP contribution in [0.5, 0.6) is 0 Å². The van der Waals surface area contributed by atoms with Gasteiger partial charge in [-0.15, -0.1) is 0 Å². The second-order valence-corrected chi connectivity index (χ2v) is 36.9. The molecule has 19 aromatic rings. The number of nitrogens with zero attached hydrogens (tertiary/aromatic N) is 3. The van der Waals surface area contributed by atoms with Gasteiger partial charge in [-0.2, -0.15) is 0 Å². The Morgan fingerprint density at radius 1 is 0.198 bits per heavy atom. The molecular formula is C123H111N3. The molecule has 0 spiro atoms. The molecule has 0 aliphatic heterocycles. The molecule has 3 aliphatic rings. The normalized spacial score (nSPS) is 14.5. The summed E-state index contributed by atoms with van der Waals surface area (Å²) in [5.41, 5.74) is 36.8. The Morgan fingerprint density at radius 3 is 0.643 bits per heavy atom. The van der Waals surface area contributed by atoms with Gasteiger partial charge >= 0.3 is 0 Å². The molecule has 0 saturated heterocycles. The smallest absolute Gasteiger partial charge is 0.0713 e. The fourth-order valence-electron chi connectivity index (χ4n) is 23.9. The minimum Gasteiger partial charge on any atom is -0.340 e. The maximum Gasteiger partial charge on any atom is 0.0713 e. The van der Waals surface area contributed by atoms with Gasteiger partial charge in [0.05, 0.1) is 16.2 Å². The van der Waals surface area contributed by atoms with Gasteiger partial charge < -0.3 is 13.7 Å². The fourth-order valence-corrected chi connectivity index (χ4v) is 23.9. The standard InChI is InChI=1S/C123H111N3/c1-7-13-37-82(10-4)79-124-115-64-58-85(73-103(115)106-76-94(61-67-118(106)124)121(91-40-19-16-20-41-91)109-52-31-25-46-97(109)98-47-26-32-53-110(98)121)88-70-89(86-59-65-116-104(74-86)107-77-95(62-68-119(107)125(116)80-83(11-5)38-14-8-2)122(92-42-21-17-22-43-92)111-54-33-27-48-99(111)100-49-28-34-55-112(100)122)72-90(71-88)87-60-66-117-105(75-87)108-78-96(63-69-120(108)126(117)81-84(12-6)39-15-9-3)123(93-44-23-18-24-45-93)113-56-35-29-50-101(113)102-51-30-36-57-114(102)123/h16-36,40-78,82-84H,7-15,37-39,79-81H2,1-6H3. The zero-order valence-electron chi connectivity index (χ0n) is 73.8. The van der Waals surface area contributed by atoms with E-state index in [9.17, 15) is 0 Å². The van der Waals surface area contributed by atoms with E-state index in [0.717, 1.165) is 38.9 Å². The highest BCUT2D eigenvalue weighted by atomic mass is 15.0. The van der Waals surface area contributed by atoms with Gasteiger partial charge in [-0.1, -0.05) is 372 Å². The monoisotopic (exact) mass is 1630 g/mol. The van der Waals surface area contributed by atoms with E-state index in [-0.39, 0.29) is 0 Å². The molecule has 3 aliphatic carbocycles. The lowest BCUT2D eigenvalue weighted by Crippen LogP contribution is -2.28. The summed E-state index contributed by atoms with van der Waals surface area (Å²) in [6, 6.07) is 143. The lowest BCUT2D eigenvalue weighted by atomic mass is 9.67. The van der Waals surface area contributed by atoms with E-state index in [1.165, 1.54) is 257 Å². The second-order valence-electron chi connectivity index (χ2n) is 36.9. The van der Waals surface area contributed by atoms with Gasteiger partial charge in [0.2, 0.25) is 0 Å². The molecule has 0 fully saturated rings. The molecule has 0 amide bonds. The molecule has 3 aromatic heterocycles. The molecule has 0 saturated carbocycles. The zero-order valence-corrected chi connectivity index (χ0v) is 73.8. The summed E-state index contributed by atoms with van der Waals surface area (Å²) >= 11 is 0. The first-order chi connectivity index (χ1) is 62.2. The zero-order chi connectivity index (χ0) is 84.8. The van der Waals surface area contributed by atoms with E-state index in [4.69, 9.17) is 0 Å². The van der Waals surface area contributed by atoms with E-state index in [1.54, 1.807) is 0 Å². The van der Waals surface area contributed by atoms with Crippen LogP contribution in [-0.2, 0) is 35.9 Å². The number of hydrogen-bond acceptors (Lipinski definition) is 0. The van der Waals surface area contributed by atoms with Crippen molar-refractivity contribution < 1.29 is 0 Å². The molecule has 16 aromatic carbocycles. The third-order valence-corrected chi connectivity index (χ3v) is 30.3. The van der Waals surface area contributed by atoms with Crippen LogP contribution in [0.25, 0.3) is 132 Å². The molecule has 0 bridgehead atoms. The van der Waals surface area contributed by atoms with Gasteiger partial charge in [0.15, 0.2) is 0 Å². The van der Waals surface area contributed by atoms with E-state index < -0.39 is 16.2 Å². The molecular weight excluding hydrogens is 1520 g/mol. The maximum absolute atomic E-state index is 2.71. The number of rotatable bonds is 27. The quantitative estimate of drug-likeness (QED) is 0.0487. The largest absolute Gasteiger partial charge is 0.340 e. The second kappa shape index (κ2) is 32.5. The molecule has 3 heterocycles. The SMILES string of the molecule is CCCCC(CC)Cn1c2ccc(-c3cc(-c4ccc5c(c4)c4cc(C6(c7ccccc7)c7ccccc7-c7ccccc76)ccc4n5CC(CC)CCCC)cc(-c4ccc5c(c4)c4cc(C6(c7ccccc7)c7ccccc7-c7ccccc76)ccc4n5CC(CC)CCCC)c3)cc2c2cc(C3(c4ccccc4)c4ccccc4-c4ccccc43)ccc21. The van der Waals surface area contributed by atoms with Crippen LogP contribution in [0.4, 0.5) is 0 Å². The van der Waals surface area contributed by atoms with Gasteiger partial charge in [0, 0.05) is 85.1 Å². The van der Waals surface area contributed by atoms with Crippen molar-refractivity contribution in [2.45, 2.75) is 154 Å². The highest BCUT2D eigenvalue weighted by Gasteiger charge is 2.50. The fraction of sp³-hybridized carbons (Fsp3) is 0.220. The molecule has 3 atom stereocenters. The lowest BCUT2D eigenvalue weighted by Gasteiger charge is -2.34. The molecule has 3 nitrogen and oxygen atoms in total. The molecule has 0 N–H and O–H groups in total. The van der Waals surface area contributed by atoms with Gasteiger partial charge in [-0.25, -0.2) is 0 Å². The molecule has 3 unspecified atom stereocenters. The van der Waals surface area contributed by atoms with E-state index in [0.29, 0.717) is 17.8 Å². The molecule has 0 radical (unpaired) electrons. The molecule has 126 heavy (non-hydrogen) atoms. The summed E-state index contributed by atoms with van der Waals surface area (Å²) in [4.78, 5) is 0. The van der Waals surface area contributed by atoms with Crippen molar-refractivity contribution in [2.75, 3.05) is 0 Å². The van der Waals surface area contributed by atoms with Gasteiger partial charge in [-0.3, -0.25) is 0 Å². The van der Waals surface area contributed by atoms with Crippen LogP contribution in [0.2, 0.25) is 0 Å². The minimum absolute atomic E-state index is 0.535. The number of fused-ring (bicyclic) bond motifs is 18. The summed E-state index contributed by atoms with van der Waals surface area (Å²) in [7, 11) is 0. The van der Waals surface area contributed by atoms with Crippen LogP contribution in [0.3, 0.4) is 0 Å². The topological polar surface area (TPSA) is 14.8 Å². The van der Waals surface area contributed by atoms with Crippen LogP contribution in [0, 0.1) is 17.8 Å². The van der Waals surface area contributed by atoms with Crippen molar-refractivity contribution in [1.82, 2.24) is 13.7 Å². The van der Waals surface area contributed by atoms with Crippen LogP contribution in [-0.4, -0.2) is 13.7 Å². The van der Waals surface area contributed by atoms with Crippen LogP contribution in [0.15, 0.2) is 364 Å². The average molecular weight is 1630 g/mol. The summed E-state index contributed by atoms with van der Waals surface area (Å²) in [5, 5.41) is 7.74. The predicted octanol–water partition coefficient (Wildman–Crippen LogP) is 32.7. The highest BCUT2D eigenvalue weighted by Crippen LogP contribution is 2.61. The molecule has 618 valence electrons. The Hall–Kier alpha value is -13.1. The Kier molecular flexibility index (Phi) is 20.3. The van der Waals surface area contributed by atoms with E-state index in [2.05, 4.69) is 419 Å². The first-order valence-electron chi connectivity index (χ1n) is 47.3. The van der Waals surface area contributed by atoms with E-state index in [1.807, 2.05) is 0 Å². The van der Waals surface area contributed by atoms with Crippen LogP contribution in [0.1, 0.15) is 185 Å². The first-order valence-corrected chi connectivity index (χ1v) is 47.3. The van der Waals surface area contributed by atoms with Crippen molar-refractivity contribution in [3.05, 3.63) is 431 Å².